The highest BCUT2D eigenvalue weighted by molar-refractivity contribution is 6.31. The molecular weight excluding hydrogens is 349 g/mol. The second-order valence-electron chi connectivity index (χ2n) is 5.57. The van der Waals surface area contributed by atoms with Gasteiger partial charge in [-0.1, -0.05) is 11.6 Å². The zero-order valence-electron chi connectivity index (χ0n) is 13.3. The van der Waals surface area contributed by atoms with Gasteiger partial charge in [0.2, 0.25) is 5.91 Å². The quantitative estimate of drug-likeness (QED) is 0.570. The van der Waals surface area contributed by atoms with Gasteiger partial charge in [-0.15, -0.1) is 12.4 Å². The topological polar surface area (TPSA) is 99.6 Å². The van der Waals surface area contributed by atoms with Crippen LogP contribution in [0.5, 0.6) is 0 Å². The van der Waals surface area contributed by atoms with Crippen LogP contribution in [-0.2, 0) is 11.3 Å². The number of hydrogen-bond donors (Lipinski definition) is 4. The average Bonchev–Trinajstić information content (AvgIpc) is 3.06. The highest BCUT2D eigenvalue weighted by atomic mass is 35.5. The Balaban J connectivity index is 0.00000208. The lowest BCUT2D eigenvalue weighted by atomic mass is 10.1. The van der Waals surface area contributed by atoms with Crippen molar-refractivity contribution in [1.29, 1.82) is 0 Å². The lowest BCUT2D eigenvalue weighted by Gasteiger charge is -2.12. The Morgan fingerprint density at radius 1 is 1.38 bits per heavy atom. The minimum atomic E-state index is -0.743. The normalized spacial score (nSPS) is 12.0. The van der Waals surface area contributed by atoms with E-state index in [1.165, 1.54) is 0 Å². The third-order valence-corrected chi connectivity index (χ3v) is 4.11. The van der Waals surface area contributed by atoms with Crippen molar-refractivity contribution >= 4 is 40.8 Å². The van der Waals surface area contributed by atoms with Crippen LogP contribution in [0.2, 0.25) is 5.02 Å². The van der Waals surface area contributed by atoms with Gasteiger partial charge in [-0.05, 0) is 38.1 Å². The Hall–Kier alpha value is -2.02. The zero-order valence-corrected chi connectivity index (χ0v) is 14.9. The van der Waals surface area contributed by atoms with E-state index in [1.54, 1.807) is 0 Å². The highest BCUT2D eigenvalue weighted by Crippen LogP contribution is 2.21. The maximum Gasteiger partial charge on any atom is 0.241 e. The predicted octanol–water partition coefficient (Wildman–Crippen LogP) is 2.90. The molecule has 5 N–H and O–H groups in total. The molecule has 0 radical (unpaired) electrons. The number of amides is 1. The van der Waals surface area contributed by atoms with E-state index in [1.807, 2.05) is 38.1 Å². The Morgan fingerprint density at radius 3 is 2.79 bits per heavy atom. The number of carbonyl (C=O) groups excluding carboxylic acids is 1. The summed E-state index contributed by atoms with van der Waals surface area (Å²) in [5.41, 5.74) is 10.2. The molecule has 0 bridgehead atoms. The molecule has 1 unspecified atom stereocenters. The Morgan fingerprint density at radius 2 is 2.12 bits per heavy atom. The van der Waals surface area contributed by atoms with Crippen molar-refractivity contribution in [1.82, 2.24) is 20.5 Å². The van der Waals surface area contributed by atoms with Crippen molar-refractivity contribution < 1.29 is 4.79 Å². The number of nitrogens with two attached hydrogens (primary N) is 1. The summed E-state index contributed by atoms with van der Waals surface area (Å²) >= 11 is 5.97. The third kappa shape index (κ3) is 3.56. The number of nitrogens with zero attached hydrogens (tertiary/aromatic N) is 1. The SMILES string of the molecule is Cc1n[nH]c(C)c1C(N)C(=O)NCc1cc2cc(Cl)ccc2[nH]1.Cl. The van der Waals surface area contributed by atoms with Crippen LogP contribution in [0.25, 0.3) is 10.9 Å². The summed E-state index contributed by atoms with van der Waals surface area (Å²) in [6, 6.07) is 6.83. The molecular formula is C16H19Cl2N5O. The van der Waals surface area contributed by atoms with Crippen molar-refractivity contribution in [2.75, 3.05) is 0 Å². The molecule has 6 nitrogen and oxygen atoms in total. The van der Waals surface area contributed by atoms with Crippen molar-refractivity contribution in [2.45, 2.75) is 26.4 Å². The van der Waals surface area contributed by atoms with Crippen LogP contribution in [0.15, 0.2) is 24.3 Å². The van der Waals surface area contributed by atoms with Crippen LogP contribution in [0.3, 0.4) is 0 Å². The molecule has 0 saturated carbocycles. The van der Waals surface area contributed by atoms with Gasteiger partial charge < -0.3 is 16.0 Å². The van der Waals surface area contributed by atoms with E-state index in [-0.39, 0.29) is 18.3 Å². The number of H-pyrrole nitrogens is 2. The van der Waals surface area contributed by atoms with Crippen LogP contribution < -0.4 is 11.1 Å². The second kappa shape index (κ2) is 7.25. The van der Waals surface area contributed by atoms with Crippen molar-refractivity contribution in [3.63, 3.8) is 0 Å². The average molecular weight is 368 g/mol. The molecule has 3 aromatic rings. The number of halogens is 2. The number of aromatic nitrogens is 3. The summed E-state index contributed by atoms with van der Waals surface area (Å²) in [7, 11) is 0. The molecule has 24 heavy (non-hydrogen) atoms. The molecule has 0 fully saturated rings. The number of rotatable bonds is 4. The second-order valence-corrected chi connectivity index (χ2v) is 6.01. The first-order chi connectivity index (χ1) is 11.0. The number of aryl methyl sites for hydroxylation is 2. The molecule has 0 aliphatic heterocycles. The summed E-state index contributed by atoms with van der Waals surface area (Å²) in [4.78, 5) is 15.5. The number of hydrogen-bond acceptors (Lipinski definition) is 3. The van der Waals surface area contributed by atoms with Crippen LogP contribution in [0.1, 0.15) is 28.7 Å². The summed E-state index contributed by atoms with van der Waals surface area (Å²) in [5.74, 6) is -0.241. The maximum atomic E-state index is 12.3. The molecule has 2 heterocycles. The van der Waals surface area contributed by atoms with Gasteiger partial charge in [0.15, 0.2) is 0 Å². The molecule has 2 aromatic heterocycles. The van der Waals surface area contributed by atoms with Crippen molar-refractivity contribution in [2.24, 2.45) is 5.73 Å². The fourth-order valence-corrected chi connectivity index (χ4v) is 2.88. The van der Waals surface area contributed by atoms with E-state index in [0.29, 0.717) is 11.6 Å². The first kappa shape index (κ1) is 18.3. The molecule has 1 atom stereocenters. The van der Waals surface area contributed by atoms with Crippen LogP contribution in [0, 0.1) is 13.8 Å². The van der Waals surface area contributed by atoms with Gasteiger partial charge in [-0.2, -0.15) is 5.10 Å². The predicted molar refractivity (Wildman–Crippen MR) is 97.4 cm³/mol. The van der Waals surface area contributed by atoms with E-state index in [0.717, 1.165) is 33.5 Å². The lowest BCUT2D eigenvalue weighted by Crippen LogP contribution is -2.34. The summed E-state index contributed by atoms with van der Waals surface area (Å²) in [6.45, 7) is 4.05. The first-order valence-corrected chi connectivity index (χ1v) is 7.65. The van der Waals surface area contributed by atoms with Gasteiger partial charge in [0.05, 0.1) is 12.2 Å². The first-order valence-electron chi connectivity index (χ1n) is 7.27. The Labute approximate surface area is 150 Å². The molecule has 0 saturated heterocycles. The van der Waals surface area contributed by atoms with Gasteiger partial charge in [-0.25, -0.2) is 0 Å². The highest BCUT2D eigenvalue weighted by Gasteiger charge is 2.21. The van der Waals surface area contributed by atoms with E-state index in [2.05, 4.69) is 20.5 Å². The summed E-state index contributed by atoms with van der Waals surface area (Å²) in [6.07, 6.45) is 0. The molecule has 0 aliphatic rings. The van der Waals surface area contributed by atoms with E-state index in [4.69, 9.17) is 17.3 Å². The molecule has 0 spiro atoms. The maximum absolute atomic E-state index is 12.3. The minimum Gasteiger partial charge on any atom is -0.357 e. The molecule has 8 heteroatoms. The van der Waals surface area contributed by atoms with Gasteiger partial charge in [-0.3, -0.25) is 9.89 Å². The van der Waals surface area contributed by atoms with Gasteiger partial charge in [0.25, 0.3) is 0 Å². The van der Waals surface area contributed by atoms with Crippen LogP contribution >= 0.6 is 24.0 Å². The standard InChI is InChI=1S/C16H18ClN5O.ClH/c1-8-14(9(2)22-21-8)15(18)16(23)19-7-12-6-10-5-11(17)3-4-13(10)20-12;/h3-6,15,20H,7,18H2,1-2H3,(H,19,23)(H,21,22);1H. The summed E-state index contributed by atoms with van der Waals surface area (Å²) < 4.78 is 0. The number of fused-ring (bicyclic) bond motifs is 1. The largest absolute Gasteiger partial charge is 0.357 e. The lowest BCUT2D eigenvalue weighted by molar-refractivity contribution is -0.122. The molecule has 1 amide bonds. The van der Waals surface area contributed by atoms with E-state index in [9.17, 15) is 4.79 Å². The fraction of sp³-hybridized carbons (Fsp3) is 0.250. The number of aromatic amines is 2. The summed E-state index contributed by atoms with van der Waals surface area (Å²) in [5, 5.41) is 11.4. The zero-order chi connectivity index (χ0) is 16.6. The van der Waals surface area contributed by atoms with Crippen molar-refractivity contribution in [3.05, 3.63) is 51.9 Å². The smallest absolute Gasteiger partial charge is 0.241 e. The van der Waals surface area contributed by atoms with E-state index < -0.39 is 6.04 Å². The Kier molecular flexibility index (Phi) is 5.54. The van der Waals surface area contributed by atoms with Gasteiger partial charge in [0, 0.05) is 32.9 Å². The molecule has 128 valence electrons. The number of carbonyl (C=O) groups is 1. The number of benzene rings is 1. The molecule has 3 rings (SSSR count). The fourth-order valence-electron chi connectivity index (χ4n) is 2.70. The Bertz CT molecular complexity index is 851. The third-order valence-electron chi connectivity index (χ3n) is 3.87. The monoisotopic (exact) mass is 367 g/mol. The van der Waals surface area contributed by atoms with Crippen LogP contribution in [-0.4, -0.2) is 21.1 Å². The molecule has 0 aliphatic carbocycles. The van der Waals surface area contributed by atoms with Crippen molar-refractivity contribution in [3.8, 4) is 0 Å². The van der Waals surface area contributed by atoms with E-state index >= 15 is 0 Å². The van der Waals surface area contributed by atoms with Gasteiger partial charge in [0.1, 0.15) is 6.04 Å². The van der Waals surface area contributed by atoms with Gasteiger partial charge >= 0.3 is 0 Å². The minimum absolute atomic E-state index is 0. The number of nitrogens with one attached hydrogen (secondary N) is 3. The molecule has 1 aromatic carbocycles. The van der Waals surface area contributed by atoms with Crippen LogP contribution in [0.4, 0.5) is 0 Å².